The Morgan fingerprint density at radius 1 is 1.29 bits per heavy atom. The summed E-state index contributed by atoms with van der Waals surface area (Å²) in [5.74, 6) is 1.60. The number of amides is 1. The lowest BCUT2D eigenvalue weighted by Gasteiger charge is -2.23. The van der Waals surface area contributed by atoms with E-state index in [9.17, 15) is 4.79 Å². The molecule has 4 rings (SSSR count). The minimum atomic E-state index is 0. The molecule has 7 heteroatoms. The first kappa shape index (κ1) is 17.6. The number of carbonyl (C=O) groups is 1. The minimum absolute atomic E-state index is 0. The van der Waals surface area contributed by atoms with Gasteiger partial charge in [-0.1, -0.05) is 11.6 Å². The van der Waals surface area contributed by atoms with E-state index < -0.39 is 0 Å². The minimum Gasteiger partial charge on any atom is -0.486 e. The number of rotatable bonds is 3. The number of halogens is 2. The highest BCUT2D eigenvalue weighted by Crippen LogP contribution is 2.58. The van der Waals surface area contributed by atoms with Crippen LogP contribution in [0.25, 0.3) is 0 Å². The summed E-state index contributed by atoms with van der Waals surface area (Å²) in [7, 11) is 0. The Kier molecular flexibility index (Phi) is 5.13. The fraction of sp³-hybridized carbons (Fsp3) is 0.588. The van der Waals surface area contributed by atoms with Crippen molar-refractivity contribution in [1.29, 1.82) is 0 Å². The van der Waals surface area contributed by atoms with Crippen LogP contribution in [0.4, 0.5) is 0 Å². The summed E-state index contributed by atoms with van der Waals surface area (Å²) in [6.45, 7) is 3.57. The molecule has 2 N–H and O–H groups in total. The van der Waals surface area contributed by atoms with E-state index in [-0.39, 0.29) is 29.6 Å². The lowest BCUT2D eigenvalue weighted by Crippen LogP contribution is -2.33. The van der Waals surface area contributed by atoms with Crippen molar-refractivity contribution < 1.29 is 14.3 Å². The number of fused-ring (bicyclic) bond motifs is 1. The van der Waals surface area contributed by atoms with Crippen LogP contribution in [0, 0.1) is 11.3 Å². The first-order chi connectivity index (χ1) is 11.2. The number of ether oxygens (including phenoxy) is 2. The molecule has 2 fully saturated rings. The van der Waals surface area contributed by atoms with E-state index in [0.717, 1.165) is 37.9 Å². The van der Waals surface area contributed by atoms with Crippen LogP contribution in [0.5, 0.6) is 11.5 Å². The molecule has 1 aromatic rings. The van der Waals surface area contributed by atoms with Crippen molar-refractivity contribution in [2.24, 2.45) is 11.3 Å². The van der Waals surface area contributed by atoms with Gasteiger partial charge in [0.2, 0.25) is 5.91 Å². The maximum absolute atomic E-state index is 12.4. The zero-order valence-electron chi connectivity index (χ0n) is 13.4. The van der Waals surface area contributed by atoms with Crippen LogP contribution in [-0.2, 0) is 11.3 Å². The Hall–Kier alpha value is -1.17. The molecule has 132 valence electrons. The summed E-state index contributed by atoms with van der Waals surface area (Å²) in [5.41, 5.74) is 1.20. The number of piperidine rings is 1. The number of benzene rings is 1. The van der Waals surface area contributed by atoms with E-state index in [0.29, 0.717) is 36.3 Å². The molecule has 1 aromatic carbocycles. The quantitative estimate of drug-likeness (QED) is 0.855. The fourth-order valence-electron chi connectivity index (χ4n) is 3.77. The number of hydrogen-bond acceptors (Lipinski definition) is 4. The van der Waals surface area contributed by atoms with Crippen molar-refractivity contribution in [3.05, 3.63) is 22.7 Å². The third kappa shape index (κ3) is 3.30. The van der Waals surface area contributed by atoms with Crippen LogP contribution in [-0.4, -0.2) is 32.2 Å². The van der Waals surface area contributed by atoms with E-state index >= 15 is 0 Å². The van der Waals surface area contributed by atoms with E-state index in [1.807, 2.05) is 12.1 Å². The standard InChI is InChI=1S/C17H21ClN2O3.ClH/c18-13-7-11(8-14-15(13)23-6-5-22-14)10-20-16(21)12-9-17(12)1-3-19-4-2-17;/h7-8,12,19H,1-6,9-10H2,(H,20,21);1H. The van der Waals surface area contributed by atoms with Gasteiger partial charge in [0.15, 0.2) is 11.5 Å². The molecule has 1 unspecified atom stereocenters. The number of carbonyl (C=O) groups excluding carboxylic acids is 1. The third-order valence-electron chi connectivity index (χ3n) is 5.23. The molecule has 1 spiro atoms. The van der Waals surface area contributed by atoms with Gasteiger partial charge in [-0.15, -0.1) is 12.4 Å². The summed E-state index contributed by atoms with van der Waals surface area (Å²) in [5, 5.41) is 6.95. The molecular formula is C17H22Cl2N2O3. The van der Waals surface area contributed by atoms with Gasteiger partial charge in [0.05, 0.1) is 5.02 Å². The van der Waals surface area contributed by atoms with E-state index in [1.165, 1.54) is 0 Å². The first-order valence-corrected chi connectivity index (χ1v) is 8.62. The SMILES string of the molecule is Cl.O=C(NCc1cc(Cl)c2c(c1)OCCO2)C1CC12CCNCC2. The average molecular weight is 373 g/mol. The van der Waals surface area contributed by atoms with Crippen molar-refractivity contribution in [1.82, 2.24) is 10.6 Å². The number of hydrogen-bond donors (Lipinski definition) is 2. The Morgan fingerprint density at radius 2 is 2.04 bits per heavy atom. The van der Waals surface area contributed by atoms with Crippen LogP contribution in [0.15, 0.2) is 12.1 Å². The normalized spacial score (nSPS) is 23.3. The smallest absolute Gasteiger partial charge is 0.223 e. The third-order valence-corrected chi connectivity index (χ3v) is 5.51. The van der Waals surface area contributed by atoms with Crippen molar-refractivity contribution in [2.75, 3.05) is 26.3 Å². The number of nitrogens with one attached hydrogen (secondary N) is 2. The van der Waals surface area contributed by atoms with Gasteiger partial charge in [-0.25, -0.2) is 0 Å². The van der Waals surface area contributed by atoms with Gasteiger partial charge in [-0.05, 0) is 55.5 Å². The molecule has 2 heterocycles. The maximum Gasteiger partial charge on any atom is 0.223 e. The maximum atomic E-state index is 12.4. The first-order valence-electron chi connectivity index (χ1n) is 8.24. The highest BCUT2D eigenvalue weighted by Gasteiger charge is 2.57. The second-order valence-electron chi connectivity index (χ2n) is 6.69. The molecule has 0 radical (unpaired) electrons. The van der Waals surface area contributed by atoms with Crippen molar-refractivity contribution >= 4 is 29.9 Å². The van der Waals surface area contributed by atoms with Gasteiger partial charge >= 0.3 is 0 Å². The summed E-state index contributed by atoms with van der Waals surface area (Å²) < 4.78 is 11.1. The zero-order chi connectivity index (χ0) is 15.9. The van der Waals surface area contributed by atoms with Gasteiger partial charge in [-0.3, -0.25) is 4.79 Å². The summed E-state index contributed by atoms with van der Waals surface area (Å²) in [4.78, 5) is 12.4. The fourth-order valence-corrected chi connectivity index (χ4v) is 4.06. The average Bonchev–Trinajstić information content (AvgIpc) is 3.26. The van der Waals surface area contributed by atoms with Gasteiger partial charge < -0.3 is 20.1 Å². The van der Waals surface area contributed by atoms with Crippen LogP contribution < -0.4 is 20.1 Å². The topological polar surface area (TPSA) is 59.6 Å². The molecule has 1 amide bonds. The van der Waals surface area contributed by atoms with Crippen LogP contribution in [0.2, 0.25) is 5.02 Å². The molecule has 1 aliphatic carbocycles. The molecule has 0 aromatic heterocycles. The van der Waals surface area contributed by atoms with E-state index in [2.05, 4.69) is 10.6 Å². The molecule has 2 aliphatic heterocycles. The zero-order valence-corrected chi connectivity index (χ0v) is 15.0. The van der Waals surface area contributed by atoms with Crippen molar-refractivity contribution in [3.8, 4) is 11.5 Å². The van der Waals surface area contributed by atoms with Crippen LogP contribution in [0.1, 0.15) is 24.8 Å². The molecular weight excluding hydrogens is 351 g/mol. The predicted octanol–water partition coefficient (Wildman–Crippen LogP) is 2.54. The van der Waals surface area contributed by atoms with Crippen LogP contribution >= 0.6 is 24.0 Å². The Balaban J connectivity index is 0.00000169. The van der Waals surface area contributed by atoms with Crippen molar-refractivity contribution in [2.45, 2.75) is 25.8 Å². The van der Waals surface area contributed by atoms with Gasteiger partial charge in [-0.2, -0.15) is 0 Å². The molecule has 24 heavy (non-hydrogen) atoms. The highest BCUT2D eigenvalue weighted by atomic mass is 35.5. The summed E-state index contributed by atoms with van der Waals surface area (Å²) >= 11 is 6.23. The molecule has 0 bridgehead atoms. The molecule has 1 saturated carbocycles. The molecule has 5 nitrogen and oxygen atoms in total. The lowest BCUT2D eigenvalue weighted by molar-refractivity contribution is -0.123. The summed E-state index contributed by atoms with van der Waals surface area (Å²) in [6, 6.07) is 3.73. The molecule has 3 aliphatic rings. The van der Waals surface area contributed by atoms with Gasteiger partial charge in [0.1, 0.15) is 13.2 Å². The van der Waals surface area contributed by atoms with E-state index in [1.54, 1.807) is 0 Å². The summed E-state index contributed by atoms with van der Waals surface area (Å²) in [6.07, 6.45) is 3.25. The van der Waals surface area contributed by atoms with Gasteiger partial charge in [0.25, 0.3) is 0 Å². The highest BCUT2D eigenvalue weighted by molar-refractivity contribution is 6.32. The van der Waals surface area contributed by atoms with E-state index in [4.69, 9.17) is 21.1 Å². The Labute approximate surface area is 152 Å². The predicted molar refractivity (Wildman–Crippen MR) is 94.2 cm³/mol. The Morgan fingerprint density at radius 3 is 2.83 bits per heavy atom. The second-order valence-corrected chi connectivity index (χ2v) is 7.10. The second kappa shape index (κ2) is 6.98. The molecule has 1 atom stereocenters. The monoisotopic (exact) mass is 372 g/mol. The Bertz CT molecular complexity index is 633. The largest absolute Gasteiger partial charge is 0.486 e. The van der Waals surface area contributed by atoms with Crippen molar-refractivity contribution in [3.63, 3.8) is 0 Å². The van der Waals surface area contributed by atoms with Crippen LogP contribution in [0.3, 0.4) is 0 Å². The van der Waals surface area contributed by atoms with Gasteiger partial charge in [0, 0.05) is 12.5 Å². The lowest BCUT2D eigenvalue weighted by atomic mass is 9.92. The molecule has 1 saturated heterocycles.